The summed E-state index contributed by atoms with van der Waals surface area (Å²) < 4.78 is 5.94. The molecule has 1 N–H and O–H groups in total. The lowest BCUT2D eigenvalue weighted by atomic mass is 9.93. The van der Waals surface area contributed by atoms with Crippen molar-refractivity contribution in [2.45, 2.75) is 45.8 Å². The van der Waals surface area contributed by atoms with E-state index in [1.807, 2.05) is 38.1 Å². The van der Waals surface area contributed by atoms with Crippen LogP contribution in [0.2, 0.25) is 0 Å². The molecule has 1 aromatic rings. The molecule has 0 bridgehead atoms. The molecule has 0 aromatic heterocycles. The van der Waals surface area contributed by atoms with E-state index in [9.17, 15) is 5.11 Å². The van der Waals surface area contributed by atoms with Gasteiger partial charge in [-0.25, -0.2) is 0 Å². The van der Waals surface area contributed by atoms with E-state index < -0.39 is 5.60 Å². The molecule has 136 valence electrons. The number of ether oxygens (including phenoxy) is 1. The standard InChI is InChI=1S/C20H34N2O2/c1-6-16(7-2)13-22-10-11-24-19-9-8-18(12-17(19)14-22)20(3,23)15-21(4)5/h8-9,12,16,23H,6-7,10-11,13-15H2,1-5H3/t20-/m0/s1. The largest absolute Gasteiger partial charge is 0.492 e. The van der Waals surface area contributed by atoms with E-state index in [1.54, 1.807) is 0 Å². The Bertz CT molecular complexity index is 524. The smallest absolute Gasteiger partial charge is 0.123 e. The van der Waals surface area contributed by atoms with Crippen LogP contribution in [0.15, 0.2) is 18.2 Å². The summed E-state index contributed by atoms with van der Waals surface area (Å²) in [4.78, 5) is 4.51. The molecule has 2 rings (SSSR count). The van der Waals surface area contributed by atoms with Crippen molar-refractivity contribution in [2.24, 2.45) is 5.92 Å². The van der Waals surface area contributed by atoms with Crippen LogP contribution < -0.4 is 4.74 Å². The number of benzene rings is 1. The number of nitrogens with zero attached hydrogens (tertiary/aromatic N) is 2. The van der Waals surface area contributed by atoms with Gasteiger partial charge < -0.3 is 14.7 Å². The molecule has 24 heavy (non-hydrogen) atoms. The number of hydrogen-bond donors (Lipinski definition) is 1. The zero-order valence-corrected chi connectivity index (χ0v) is 16.0. The van der Waals surface area contributed by atoms with E-state index in [1.165, 1.54) is 18.4 Å². The molecular weight excluding hydrogens is 300 g/mol. The van der Waals surface area contributed by atoms with E-state index in [0.717, 1.165) is 43.5 Å². The van der Waals surface area contributed by atoms with Crippen LogP contribution in [0.4, 0.5) is 0 Å². The summed E-state index contributed by atoms with van der Waals surface area (Å²) in [5, 5.41) is 10.8. The van der Waals surface area contributed by atoms with Gasteiger partial charge in [0.25, 0.3) is 0 Å². The molecule has 0 radical (unpaired) electrons. The van der Waals surface area contributed by atoms with Crippen LogP contribution in [0, 0.1) is 5.92 Å². The lowest BCUT2D eigenvalue weighted by molar-refractivity contribution is 0.0299. The maximum absolute atomic E-state index is 10.8. The van der Waals surface area contributed by atoms with Crippen LogP contribution >= 0.6 is 0 Å². The van der Waals surface area contributed by atoms with Crippen LogP contribution in [-0.4, -0.2) is 55.2 Å². The Labute approximate surface area is 147 Å². The Morgan fingerprint density at radius 1 is 1.29 bits per heavy atom. The zero-order chi connectivity index (χ0) is 17.7. The van der Waals surface area contributed by atoms with Gasteiger partial charge in [0.1, 0.15) is 12.4 Å². The second-order valence-corrected chi connectivity index (χ2v) is 7.60. The first kappa shape index (κ1) is 19.2. The molecule has 1 aliphatic rings. The molecule has 1 atom stereocenters. The van der Waals surface area contributed by atoms with E-state index in [4.69, 9.17) is 4.74 Å². The van der Waals surface area contributed by atoms with Crippen molar-refractivity contribution in [3.8, 4) is 5.75 Å². The topological polar surface area (TPSA) is 35.9 Å². The van der Waals surface area contributed by atoms with Gasteiger partial charge in [0.15, 0.2) is 0 Å². The molecule has 1 aliphatic heterocycles. The fourth-order valence-corrected chi connectivity index (χ4v) is 3.56. The molecule has 0 saturated carbocycles. The quantitative estimate of drug-likeness (QED) is 0.831. The van der Waals surface area contributed by atoms with E-state index >= 15 is 0 Å². The first-order chi connectivity index (χ1) is 11.4. The number of aliphatic hydroxyl groups is 1. The molecule has 4 nitrogen and oxygen atoms in total. The summed E-state index contributed by atoms with van der Waals surface area (Å²) in [6, 6.07) is 6.15. The van der Waals surface area contributed by atoms with E-state index in [0.29, 0.717) is 6.54 Å². The summed E-state index contributed by atoms with van der Waals surface area (Å²) in [5.41, 5.74) is 1.29. The zero-order valence-electron chi connectivity index (χ0n) is 16.0. The first-order valence-electron chi connectivity index (χ1n) is 9.21. The summed E-state index contributed by atoms with van der Waals surface area (Å²) in [6.45, 7) is 10.7. The lowest BCUT2D eigenvalue weighted by Gasteiger charge is -2.28. The van der Waals surface area contributed by atoms with Crippen LogP contribution in [-0.2, 0) is 12.1 Å². The average molecular weight is 335 g/mol. The molecule has 0 spiro atoms. The Morgan fingerprint density at radius 3 is 2.62 bits per heavy atom. The number of rotatable bonds is 7. The van der Waals surface area contributed by atoms with Crippen molar-refractivity contribution < 1.29 is 9.84 Å². The van der Waals surface area contributed by atoms with Crippen molar-refractivity contribution in [2.75, 3.05) is 40.3 Å². The first-order valence-corrected chi connectivity index (χ1v) is 9.21. The summed E-state index contributed by atoms with van der Waals surface area (Å²) in [6.07, 6.45) is 2.44. The molecule has 1 heterocycles. The minimum Gasteiger partial charge on any atom is -0.492 e. The fraction of sp³-hybridized carbons (Fsp3) is 0.700. The van der Waals surface area contributed by atoms with Gasteiger partial charge in [-0.2, -0.15) is 0 Å². The molecule has 0 unspecified atom stereocenters. The van der Waals surface area contributed by atoms with Crippen LogP contribution in [0.5, 0.6) is 5.75 Å². The van der Waals surface area contributed by atoms with Gasteiger partial charge in [-0.05, 0) is 44.6 Å². The minimum absolute atomic E-state index is 0.601. The lowest BCUT2D eigenvalue weighted by Crippen LogP contribution is -2.35. The SMILES string of the molecule is CCC(CC)CN1CCOc2ccc([C@@](C)(O)CN(C)C)cc2C1. The van der Waals surface area contributed by atoms with Crippen molar-refractivity contribution in [3.05, 3.63) is 29.3 Å². The Kier molecular flexibility index (Phi) is 6.67. The van der Waals surface area contributed by atoms with Crippen molar-refractivity contribution >= 4 is 0 Å². The van der Waals surface area contributed by atoms with Crippen LogP contribution in [0.1, 0.15) is 44.7 Å². The maximum atomic E-state index is 10.8. The second-order valence-electron chi connectivity index (χ2n) is 7.60. The predicted molar refractivity (Wildman–Crippen MR) is 99.4 cm³/mol. The third-order valence-corrected chi connectivity index (χ3v) is 5.04. The maximum Gasteiger partial charge on any atom is 0.123 e. The normalized spacial score (nSPS) is 18.2. The highest BCUT2D eigenvalue weighted by Gasteiger charge is 2.26. The van der Waals surface area contributed by atoms with Gasteiger partial charge in [0, 0.05) is 31.7 Å². The number of hydrogen-bond acceptors (Lipinski definition) is 4. The highest BCUT2D eigenvalue weighted by atomic mass is 16.5. The van der Waals surface area contributed by atoms with Crippen LogP contribution in [0.25, 0.3) is 0 Å². The highest BCUT2D eigenvalue weighted by Crippen LogP contribution is 2.30. The molecule has 1 aromatic carbocycles. The van der Waals surface area contributed by atoms with Gasteiger partial charge in [0.05, 0.1) is 5.60 Å². The summed E-state index contributed by atoms with van der Waals surface area (Å²) in [5.74, 6) is 1.71. The van der Waals surface area contributed by atoms with E-state index in [2.05, 4.69) is 24.8 Å². The second kappa shape index (κ2) is 8.32. The van der Waals surface area contributed by atoms with E-state index in [-0.39, 0.29) is 0 Å². The third-order valence-electron chi connectivity index (χ3n) is 5.04. The van der Waals surface area contributed by atoms with Gasteiger partial charge in [-0.15, -0.1) is 0 Å². The number of fused-ring (bicyclic) bond motifs is 1. The third kappa shape index (κ3) is 4.95. The van der Waals surface area contributed by atoms with Gasteiger partial charge >= 0.3 is 0 Å². The van der Waals surface area contributed by atoms with Crippen molar-refractivity contribution in [3.63, 3.8) is 0 Å². The molecule has 0 amide bonds. The van der Waals surface area contributed by atoms with Gasteiger partial charge in [-0.1, -0.05) is 32.8 Å². The predicted octanol–water partition coefficient (Wildman–Crippen LogP) is 3.09. The highest BCUT2D eigenvalue weighted by molar-refractivity contribution is 5.40. The fourth-order valence-electron chi connectivity index (χ4n) is 3.56. The van der Waals surface area contributed by atoms with Gasteiger partial charge in [0.2, 0.25) is 0 Å². The van der Waals surface area contributed by atoms with Crippen molar-refractivity contribution in [1.29, 1.82) is 0 Å². The summed E-state index contributed by atoms with van der Waals surface area (Å²) >= 11 is 0. The minimum atomic E-state index is -0.856. The number of likely N-dealkylation sites (N-methyl/N-ethyl adjacent to an activating group) is 1. The Hall–Kier alpha value is -1.10. The Balaban J connectivity index is 2.19. The van der Waals surface area contributed by atoms with Crippen molar-refractivity contribution in [1.82, 2.24) is 9.80 Å². The molecule has 0 fully saturated rings. The average Bonchev–Trinajstić information content (AvgIpc) is 2.72. The van der Waals surface area contributed by atoms with Crippen LogP contribution in [0.3, 0.4) is 0 Å². The molecular formula is C20H34N2O2. The Morgan fingerprint density at radius 2 is 2.00 bits per heavy atom. The molecule has 0 saturated heterocycles. The van der Waals surface area contributed by atoms with Gasteiger partial charge in [-0.3, -0.25) is 4.90 Å². The molecule has 4 heteroatoms. The molecule has 0 aliphatic carbocycles. The monoisotopic (exact) mass is 334 g/mol. The summed E-state index contributed by atoms with van der Waals surface area (Å²) in [7, 11) is 3.97.